The average Bonchev–Trinajstić information content (AvgIpc) is 3.32. The summed E-state index contributed by atoms with van der Waals surface area (Å²) in [6.45, 7) is 0. The third-order valence-electron chi connectivity index (χ3n) is 4.86. The van der Waals surface area contributed by atoms with E-state index in [1.54, 1.807) is 25.1 Å². The highest BCUT2D eigenvalue weighted by atomic mass is 16.5. The van der Waals surface area contributed by atoms with Crippen molar-refractivity contribution in [3.8, 4) is 5.88 Å². The Hall–Kier alpha value is -2.67. The number of imidazole rings is 1. The van der Waals surface area contributed by atoms with Gasteiger partial charge in [-0.3, -0.25) is 4.57 Å². The van der Waals surface area contributed by atoms with Gasteiger partial charge in [0.1, 0.15) is 12.0 Å². The van der Waals surface area contributed by atoms with Crippen LogP contribution in [0.25, 0.3) is 6.08 Å². The van der Waals surface area contributed by atoms with Crippen molar-refractivity contribution in [1.29, 1.82) is 0 Å². The van der Waals surface area contributed by atoms with Crippen LogP contribution in [-0.2, 0) is 11.8 Å². The van der Waals surface area contributed by atoms with Gasteiger partial charge in [-0.05, 0) is 42.7 Å². The summed E-state index contributed by atoms with van der Waals surface area (Å²) < 4.78 is 7.18. The number of aromatic hydroxyl groups is 1. The van der Waals surface area contributed by atoms with Crippen LogP contribution in [-0.4, -0.2) is 40.3 Å². The molecule has 7 nitrogen and oxygen atoms in total. The number of nitrogens with one attached hydrogen (secondary N) is 1. The molecule has 2 aliphatic rings. The number of hydrogen-bond acceptors (Lipinski definition) is 6. The van der Waals surface area contributed by atoms with Crippen molar-refractivity contribution in [2.75, 3.05) is 12.4 Å². The molecular weight excluding hydrogens is 318 g/mol. The van der Waals surface area contributed by atoms with Gasteiger partial charge in [-0.2, -0.15) is 0 Å². The van der Waals surface area contributed by atoms with Gasteiger partial charge in [0.05, 0.1) is 23.2 Å². The molecule has 1 fully saturated rings. The summed E-state index contributed by atoms with van der Waals surface area (Å²) in [5.41, 5.74) is 1.35. The Labute approximate surface area is 145 Å². The van der Waals surface area contributed by atoms with Gasteiger partial charge in [-0.25, -0.2) is 15.0 Å². The Morgan fingerprint density at radius 2 is 2.24 bits per heavy atom. The van der Waals surface area contributed by atoms with Gasteiger partial charge in [0, 0.05) is 14.2 Å². The van der Waals surface area contributed by atoms with Crippen LogP contribution in [0.2, 0.25) is 0 Å². The molecule has 0 saturated heterocycles. The maximum absolute atomic E-state index is 10.4. The lowest BCUT2D eigenvalue weighted by atomic mass is 10.2. The highest BCUT2D eigenvalue weighted by molar-refractivity contribution is 5.67. The van der Waals surface area contributed by atoms with Crippen LogP contribution in [0.1, 0.15) is 25.0 Å². The van der Waals surface area contributed by atoms with Crippen LogP contribution in [0.4, 0.5) is 11.6 Å². The van der Waals surface area contributed by atoms with Crippen LogP contribution in [0.3, 0.4) is 0 Å². The molecule has 4 rings (SSSR count). The standard InChI is InChI=1S/C18H21N5O2/c1-23-17(24)15(9-11-6-7-12-14(8-11)20-10-19-12)22-18(23)21-13-4-3-5-16(13)25-2/h6-10,13,16,24H,3-5H2,1-2H3,(H,21,22)/b11-9+/t13-,16-/m0/s1. The van der Waals surface area contributed by atoms with Crippen molar-refractivity contribution in [2.45, 2.75) is 31.4 Å². The summed E-state index contributed by atoms with van der Waals surface area (Å²) in [6.07, 6.45) is 6.79. The normalized spacial score (nSPS) is 22.2. The van der Waals surface area contributed by atoms with Crippen molar-refractivity contribution in [2.24, 2.45) is 17.0 Å². The first kappa shape index (κ1) is 15.8. The molecule has 130 valence electrons. The SMILES string of the molecule is CO[C@H]1CCC[C@@H]1Nc1nc(/C=c2\ccc3c(c2)N=CN=3)c(O)n1C. The predicted molar refractivity (Wildman–Crippen MR) is 95.9 cm³/mol. The van der Waals surface area contributed by atoms with Gasteiger partial charge in [-0.15, -0.1) is 0 Å². The minimum atomic E-state index is 0.128. The average molecular weight is 339 g/mol. The van der Waals surface area contributed by atoms with Crippen LogP contribution < -0.4 is 15.9 Å². The lowest BCUT2D eigenvalue weighted by molar-refractivity contribution is 0.101. The van der Waals surface area contributed by atoms with Crippen LogP contribution in [0.5, 0.6) is 5.88 Å². The Kier molecular flexibility index (Phi) is 4.01. The Morgan fingerprint density at radius 3 is 3.08 bits per heavy atom. The van der Waals surface area contributed by atoms with Gasteiger partial charge in [0.2, 0.25) is 11.8 Å². The second-order valence-corrected chi connectivity index (χ2v) is 6.43. The van der Waals surface area contributed by atoms with Crippen molar-refractivity contribution < 1.29 is 9.84 Å². The number of aliphatic imine (C=N–C) groups is 1. The number of aromatic nitrogens is 2. The Morgan fingerprint density at radius 1 is 1.36 bits per heavy atom. The van der Waals surface area contributed by atoms with E-state index in [-0.39, 0.29) is 18.0 Å². The van der Waals surface area contributed by atoms with E-state index in [0.717, 1.165) is 35.5 Å². The molecular formula is C18H21N5O2. The summed E-state index contributed by atoms with van der Waals surface area (Å²) in [6, 6.07) is 6.00. The molecule has 1 aliphatic carbocycles. The van der Waals surface area contributed by atoms with Gasteiger partial charge in [0.15, 0.2) is 0 Å². The first-order valence-electron chi connectivity index (χ1n) is 8.43. The highest BCUT2D eigenvalue weighted by Crippen LogP contribution is 2.27. The fourth-order valence-electron chi connectivity index (χ4n) is 3.43. The Balaban J connectivity index is 1.64. The molecule has 1 aromatic carbocycles. The minimum Gasteiger partial charge on any atom is -0.493 e. The van der Waals surface area contributed by atoms with Gasteiger partial charge >= 0.3 is 0 Å². The van der Waals surface area contributed by atoms with Crippen molar-refractivity contribution in [3.05, 3.63) is 34.5 Å². The molecule has 0 bridgehead atoms. The summed E-state index contributed by atoms with van der Waals surface area (Å²) in [5.74, 6) is 0.773. The summed E-state index contributed by atoms with van der Waals surface area (Å²) in [5, 5.41) is 15.6. The molecule has 2 atom stereocenters. The minimum absolute atomic E-state index is 0.128. The van der Waals surface area contributed by atoms with Crippen molar-refractivity contribution >= 4 is 24.1 Å². The monoisotopic (exact) mass is 339 g/mol. The van der Waals surface area contributed by atoms with Gasteiger partial charge < -0.3 is 15.2 Å². The Bertz CT molecular complexity index is 947. The number of rotatable bonds is 4. The summed E-state index contributed by atoms with van der Waals surface area (Å²) in [7, 11) is 3.53. The number of fused-ring (bicyclic) bond motifs is 1. The van der Waals surface area contributed by atoms with E-state index in [1.807, 2.05) is 24.3 Å². The van der Waals surface area contributed by atoms with E-state index in [0.29, 0.717) is 11.6 Å². The van der Waals surface area contributed by atoms with E-state index in [4.69, 9.17) is 4.74 Å². The first-order valence-corrected chi connectivity index (χ1v) is 8.43. The fraction of sp³-hybridized carbons (Fsp3) is 0.389. The van der Waals surface area contributed by atoms with Crippen LogP contribution in [0, 0.1) is 0 Å². The lowest BCUT2D eigenvalue weighted by Gasteiger charge is -2.19. The number of methoxy groups -OCH3 is 1. The van der Waals surface area contributed by atoms with Gasteiger partial charge in [0.25, 0.3) is 0 Å². The lowest BCUT2D eigenvalue weighted by Crippen LogP contribution is -2.30. The highest BCUT2D eigenvalue weighted by Gasteiger charge is 2.28. The van der Waals surface area contributed by atoms with E-state index < -0.39 is 0 Å². The second kappa shape index (κ2) is 6.33. The maximum atomic E-state index is 10.4. The van der Waals surface area contributed by atoms with Crippen LogP contribution >= 0.6 is 0 Å². The maximum Gasteiger partial charge on any atom is 0.220 e. The smallest absolute Gasteiger partial charge is 0.220 e. The molecule has 25 heavy (non-hydrogen) atoms. The molecule has 1 aliphatic heterocycles. The zero-order valence-electron chi connectivity index (χ0n) is 14.3. The number of hydrogen-bond donors (Lipinski definition) is 2. The van der Waals surface area contributed by atoms with Gasteiger partial charge in [-0.1, -0.05) is 6.07 Å². The van der Waals surface area contributed by atoms with E-state index in [1.165, 1.54) is 0 Å². The second-order valence-electron chi connectivity index (χ2n) is 6.43. The molecule has 1 saturated carbocycles. The van der Waals surface area contributed by atoms with Crippen molar-refractivity contribution in [1.82, 2.24) is 9.55 Å². The zero-order chi connectivity index (χ0) is 17.4. The fourth-order valence-corrected chi connectivity index (χ4v) is 3.43. The van der Waals surface area contributed by atoms with E-state index in [9.17, 15) is 5.11 Å². The molecule has 0 radical (unpaired) electrons. The number of ether oxygens (including phenoxy) is 1. The molecule has 0 unspecified atom stereocenters. The third-order valence-corrected chi connectivity index (χ3v) is 4.86. The summed E-state index contributed by atoms with van der Waals surface area (Å²) >= 11 is 0. The molecule has 0 spiro atoms. The third kappa shape index (κ3) is 2.91. The number of anilines is 1. The topological polar surface area (TPSA) is 84.0 Å². The summed E-state index contributed by atoms with van der Waals surface area (Å²) in [4.78, 5) is 12.9. The quantitative estimate of drug-likeness (QED) is 0.877. The molecule has 2 N–H and O–H groups in total. The number of nitrogens with zero attached hydrogens (tertiary/aromatic N) is 4. The largest absolute Gasteiger partial charge is 0.493 e. The zero-order valence-corrected chi connectivity index (χ0v) is 14.3. The first-order chi connectivity index (χ1) is 12.2. The molecule has 2 heterocycles. The van der Waals surface area contributed by atoms with Crippen LogP contribution in [0.15, 0.2) is 28.2 Å². The number of benzene rings is 1. The molecule has 0 amide bonds. The van der Waals surface area contributed by atoms with E-state index >= 15 is 0 Å². The van der Waals surface area contributed by atoms with Crippen molar-refractivity contribution in [3.63, 3.8) is 0 Å². The molecule has 1 aromatic heterocycles. The van der Waals surface area contributed by atoms with E-state index in [2.05, 4.69) is 20.3 Å². The predicted octanol–water partition coefficient (Wildman–Crippen LogP) is 1.23. The molecule has 7 heteroatoms. The molecule has 2 aromatic rings.